The van der Waals surface area contributed by atoms with Crippen LogP contribution in [0.5, 0.6) is 0 Å². The number of piperidine rings is 1. The van der Waals surface area contributed by atoms with Crippen molar-refractivity contribution in [1.82, 2.24) is 10.2 Å². The van der Waals surface area contributed by atoms with E-state index in [1.165, 1.54) is 11.3 Å². The Hall–Kier alpha value is -1.89. The van der Waals surface area contributed by atoms with E-state index < -0.39 is 5.97 Å². The molecule has 0 aromatic carbocycles. The van der Waals surface area contributed by atoms with Gasteiger partial charge in [0.25, 0.3) is 5.91 Å². The third kappa shape index (κ3) is 4.39. The van der Waals surface area contributed by atoms with Gasteiger partial charge in [-0.1, -0.05) is 0 Å². The van der Waals surface area contributed by atoms with Crippen LogP contribution in [-0.2, 0) is 9.59 Å². The molecule has 0 bridgehead atoms. The Morgan fingerprint density at radius 3 is 2.24 bits per heavy atom. The summed E-state index contributed by atoms with van der Waals surface area (Å²) in [6, 6.07) is 1.92. The van der Waals surface area contributed by atoms with Crippen molar-refractivity contribution in [1.29, 1.82) is 0 Å². The Kier molecular flexibility index (Phi) is 5.73. The van der Waals surface area contributed by atoms with Crippen LogP contribution >= 0.6 is 11.3 Å². The lowest BCUT2D eigenvalue weighted by molar-refractivity contribution is -0.146. The molecule has 2 aliphatic rings. The molecule has 0 unspecified atom stereocenters. The van der Waals surface area contributed by atoms with E-state index in [2.05, 4.69) is 5.32 Å². The Balaban J connectivity index is 1.43. The minimum atomic E-state index is -0.743. The highest BCUT2D eigenvalue weighted by Gasteiger charge is 2.33. The summed E-state index contributed by atoms with van der Waals surface area (Å²) in [5.74, 6) is -0.952. The number of carbonyl (C=O) groups is 3. The molecular formula is C18H24N2O4S. The summed E-state index contributed by atoms with van der Waals surface area (Å²) in [6.07, 6.45) is 4.07. The fourth-order valence-electron chi connectivity index (χ4n) is 3.75. The third-order valence-corrected chi connectivity index (χ3v) is 6.03. The average molecular weight is 364 g/mol. The number of thiophene rings is 1. The Morgan fingerprint density at radius 1 is 1.04 bits per heavy atom. The smallest absolute Gasteiger partial charge is 0.306 e. The van der Waals surface area contributed by atoms with Crippen molar-refractivity contribution >= 4 is 29.1 Å². The highest BCUT2D eigenvalue weighted by atomic mass is 32.1. The first-order chi connectivity index (χ1) is 12.0. The zero-order chi connectivity index (χ0) is 17.8. The Morgan fingerprint density at radius 2 is 1.68 bits per heavy atom. The predicted molar refractivity (Wildman–Crippen MR) is 94.5 cm³/mol. The van der Waals surface area contributed by atoms with Gasteiger partial charge in [0.2, 0.25) is 5.91 Å². The molecule has 1 aromatic rings. The van der Waals surface area contributed by atoms with Crippen molar-refractivity contribution < 1.29 is 19.5 Å². The van der Waals surface area contributed by atoms with E-state index in [9.17, 15) is 14.4 Å². The predicted octanol–water partition coefficient (Wildman–Crippen LogP) is 2.36. The van der Waals surface area contributed by atoms with Gasteiger partial charge < -0.3 is 15.3 Å². The summed E-state index contributed by atoms with van der Waals surface area (Å²) < 4.78 is 0. The van der Waals surface area contributed by atoms with Crippen LogP contribution in [0.2, 0.25) is 0 Å². The first kappa shape index (κ1) is 17.9. The standard InChI is InChI=1S/C18H24N2O4S/c21-16(14-7-10-25-11-14)19-15-5-8-20(9-6-15)17(22)12-1-3-13(4-2-12)18(23)24/h7,10-13,15H,1-6,8-9H2,(H,19,21)(H,23,24). The molecule has 1 aliphatic heterocycles. The van der Waals surface area contributed by atoms with Crippen LogP contribution in [0, 0.1) is 11.8 Å². The van der Waals surface area contributed by atoms with Gasteiger partial charge in [0.1, 0.15) is 0 Å². The summed E-state index contributed by atoms with van der Waals surface area (Å²) in [7, 11) is 0. The summed E-state index contributed by atoms with van der Waals surface area (Å²) in [5.41, 5.74) is 0.693. The van der Waals surface area contributed by atoms with Crippen LogP contribution in [0.15, 0.2) is 16.8 Å². The molecule has 0 radical (unpaired) electrons. The first-order valence-corrected chi connectivity index (χ1v) is 9.83. The van der Waals surface area contributed by atoms with Crippen LogP contribution in [0.1, 0.15) is 48.9 Å². The number of hydrogen-bond donors (Lipinski definition) is 2. The maximum Gasteiger partial charge on any atom is 0.306 e. The van der Waals surface area contributed by atoms with E-state index in [1.54, 1.807) is 0 Å². The van der Waals surface area contributed by atoms with Crippen LogP contribution in [0.3, 0.4) is 0 Å². The van der Waals surface area contributed by atoms with Gasteiger partial charge in [-0.05, 0) is 50.0 Å². The lowest BCUT2D eigenvalue weighted by Gasteiger charge is -2.36. The second-order valence-electron chi connectivity index (χ2n) is 6.97. The highest BCUT2D eigenvalue weighted by molar-refractivity contribution is 7.08. The number of carbonyl (C=O) groups excluding carboxylic acids is 2. The summed E-state index contributed by atoms with van der Waals surface area (Å²) in [5, 5.41) is 15.8. The molecule has 0 spiro atoms. The van der Waals surface area contributed by atoms with E-state index >= 15 is 0 Å². The summed E-state index contributed by atoms with van der Waals surface area (Å²) in [4.78, 5) is 37.6. The fourth-order valence-corrected chi connectivity index (χ4v) is 4.39. The van der Waals surface area contributed by atoms with Crippen molar-refractivity contribution in [3.8, 4) is 0 Å². The third-order valence-electron chi connectivity index (χ3n) is 5.35. The largest absolute Gasteiger partial charge is 0.481 e. The molecule has 2 amide bonds. The molecule has 6 nitrogen and oxygen atoms in total. The number of carboxylic acid groups (broad SMARTS) is 1. The molecule has 25 heavy (non-hydrogen) atoms. The van der Waals surface area contributed by atoms with Gasteiger partial charge >= 0.3 is 5.97 Å². The lowest BCUT2D eigenvalue weighted by Crippen LogP contribution is -2.48. The van der Waals surface area contributed by atoms with Gasteiger partial charge in [0.05, 0.1) is 5.92 Å². The Labute approximate surface area is 151 Å². The van der Waals surface area contributed by atoms with Crippen LogP contribution in [0.4, 0.5) is 0 Å². The van der Waals surface area contributed by atoms with Crippen molar-refractivity contribution in [3.63, 3.8) is 0 Å². The van der Waals surface area contributed by atoms with Crippen LogP contribution < -0.4 is 5.32 Å². The number of nitrogens with zero attached hydrogens (tertiary/aromatic N) is 1. The molecule has 1 saturated carbocycles. The van der Waals surface area contributed by atoms with Gasteiger partial charge in [-0.25, -0.2) is 0 Å². The van der Waals surface area contributed by atoms with Gasteiger partial charge in [-0.15, -0.1) is 0 Å². The first-order valence-electron chi connectivity index (χ1n) is 8.89. The molecule has 136 valence electrons. The molecule has 1 aromatic heterocycles. The van der Waals surface area contributed by atoms with E-state index in [1.807, 2.05) is 21.7 Å². The average Bonchev–Trinajstić information content (AvgIpc) is 3.17. The van der Waals surface area contributed by atoms with Crippen LogP contribution in [0.25, 0.3) is 0 Å². The number of amides is 2. The molecule has 1 saturated heterocycles. The maximum absolute atomic E-state index is 12.6. The maximum atomic E-state index is 12.6. The van der Waals surface area contributed by atoms with Gasteiger partial charge in [-0.2, -0.15) is 11.3 Å². The minimum absolute atomic E-state index is 0.0347. The van der Waals surface area contributed by atoms with Gasteiger partial charge in [0, 0.05) is 36.0 Å². The summed E-state index contributed by atoms with van der Waals surface area (Å²) in [6.45, 7) is 1.32. The summed E-state index contributed by atoms with van der Waals surface area (Å²) >= 11 is 1.50. The lowest BCUT2D eigenvalue weighted by atomic mass is 9.81. The van der Waals surface area contributed by atoms with Crippen molar-refractivity contribution in [2.45, 2.75) is 44.6 Å². The second kappa shape index (κ2) is 7.99. The Bertz CT molecular complexity index is 615. The normalized spacial score (nSPS) is 24.7. The minimum Gasteiger partial charge on any atom is -0.481 e. The topological polar surface area (TPSA) is 86.7 Å². The molecule has 3 rings (SSSR count). The SMILES string of the molecule is O=C(NC1CCN(C(=O)C2CCC(C(=O)O)CC2)CC1)c1ccsc1. The highest BCUT2D eigenvalue weighted by Crippen LogP contribution is 2.31. The van der Waals surface area contributed by atoms with Gasteiger partial charge in [-0.3, -0.25) is 14.4 Å². The zero-order valence-electron chi connectivity index (χ0n) is 14.1. The van der Waals surface area contributed by atoms with Crippen LogP contribution in [-0.4, -0.2) is 46.9 Å². The van der Waals surface area contributed by atoms with E-state index in [0.717, 1.165) is 12.8 Å². The fraction of sp³-hybridized carbons (Fsp3) is 0.611. The zero-order valence-corrected chi connectivity index (χ0v) is 15.0. The number of hydrogen-bond acceptors (Lipinski definition) is 4. The number of nitrogens with one attached hydrogen (secondary N) is 1. The van der Waals surface area contributed by atoms with Crippen molar-refractivity contribution in [2.75, 3.05) is 13.1 Å². The molecule has 2 heterocycles. The molecular weight excluding hydrogens is 340 g/mol. The molecule has 2 fully saturated rings. The molecule has 0 atom stereocenters. The van der Waals surface area contributed by atoms with E-state index in [0.29, 0.717) is 44.3 Å². The number of aliphatic carboxylic acids is 1. The number of likely N-dealkylation sites (tertiary alicyclic amines) is 1. The monoisotopic (exact) mass is 364 g/mol. The number of carboxylic acids is 1. The number of rotatable bonds is 4. The van der Waals surface area contributed by atoms with Crippen molar-refractivity contribution in [3.05, 3.63) is 22.4 Å². The second-order valence-corrected chi connectivity index (χ2v) is 7.75. The quantitative estimate of drug-likeness (QED) is 0.859. The van der Waals surface area contributed by atoms with Crippen molar-refractivity contribution in [2.24, 2.45) is 11.8 Å². The molecule has 2 N–H and O–H groups in total. The van der Waals surface area contributed by atoms with E-state index in [4.69, 9.17) is 5.11 Å². The van der Waals surface area contributed by atoms with Gasteiger partial charge in [0.15, 0.2) is 0 Å². The van der Waals surface area contributed by atoms with E-state index in [-0.39, 0.29) is 29.7 Å². The molecule has 7 heteroatoms. The molecule has 1 aliphatic carbocycles.